The number of alkyl halides is 3. The Morgan fingerprint density at radius 2 is 1.83 bits per heavy atom. The van der Waals surface area contributed by atoms with Gasteiger partial charge in [-0.15, -0.1) is 0 Å². The fraction of sp³-hybridized carbons (Fsp3) is 0.273. The Morgan fingerprint density at radius 3 is 2.43 bits per heavy atom. The van der Waals surface area contributed by atoms with E-state index in [1.807, 2.05) is 0 Å². The van der Waals surface area contributed by atoms with Crippen molar-refractivity contribution in [2.24, 2.45) is 11.7 Å². The monoisotopic (exact) mass is 488 g/mol. The van der Waals surface area contributed by atoms with Crippen LogP contribution in [-0.2, 0) is 11.2 Å². The Bertz CT molecular complexity index is 1220. The first-order valence-electron chi connectivity index (χ1n) is 10.4. The van der Waals surface area contributed by atoms with Crippen LogP contribution in [0.2, 0.25) is 0 Å². The van der Waals surface area contributed by atoms with E-state index in [0.717, 1.165) is 12.4 Å². The summed E-state index contributed by atoms with van der Waals surface area (Å²) in [6.45, 7) is -0.878. The number of amides is 2. The van der Waals surface area contributed by atoms with E-state index < -0.39 is 18.7 Å². The molecule has 3 heterocycles. The van der Waals surface area contributed by atoms with Crippen molar-refractivity contribution in [1.29, 1.82) is 0 Å². The van der Waals surface area contributed by atoms with Crippen LogP contribution in [0.3, 0.4) is 0 Å². The van der Waals surface area contributed by atoms with Crippen molar-refractivity contribution in [3.63, 3.8) is 0 Å². The molecule has 1 atom stereocenters. The topological polar surface area (TPSA) is 142 Å². The van der Waals surface area contributed by atoms with Crippen LogP contribution in [0.5, 0.6) is 17.5 Å². The normalized spacial score (nSPS) is 15.5. The maximum absolute atomic E-state index is 12.2. The van der Waals surface area contributed by atoms with E-state index in [4.69, 9.17) is 10.5 Å². The van der Waals surface area contributed by atoms with Crippen LogP contribution in [0.1, 0.15) is 22.6 Å². The summed E-state index contributed by atoms with van der Waals surface area (Å²) in [6.07, 6.45) is -1.31. The summed E-state index contributed by atoms with van der Waals surface area (Å²) in [7, 11) is 0. The van der Waals surface area contributed by atoms with Gasteiger partial charge in [-0.3, -0.25) is 9.59 Å². The summed E-state index contributed by atoms with van der Waals surface area (Å²) >= 11 is 0. The van der Waals surface area contributed by atoms with Gasteiger partial charge in [0, 0.05) is 30.1 Å². The molecule has 35 heavy (non-hydrogen) atoms. The second-order valence-corrected chi connectivity index (χ2v) is 7.64. The van der Waals surface area contributed by atoms with E-state index in [0.29, 0.717) is 36.4 Å². The maximum atomic E-state index is 12.2. The molecule has 13 heteroatoms. The minimum absolute atomic E-state index is 0.0341. The lowest BCUT2D eigenvalue weighted by atomic mass is 10.0. The van der Waals surface area contributed by atoms with E-state index >= 15 is 0 Å². The van der Waals surface area contributed by atoms with Gasteiger partial charge in [-0.25, -0.2) is 19.9 Å². The van der Waals surface area contributed by atoms with Gasteiger partial charge < -0.3 is 20.5 Å². The van der Waals surface area contributed by atoms with Crippen molar-refractivity contribution < 1.29 is 32.2 Å². The third kappa shape index (κ3) is 6.40. The van der Waals surface area contributed by atoms with Gasteiger partial charge in [0.15, 0.2) is 12.4 Å². The van der Waals surface area contributed by atoms with Gasteiger partial charge in [0.25, 0.3) is 5.91 Å². The van der Waals surface area contributed by atoms with Crippen LogP contribution in [0.25, 0.3) is 11.4 Å². The standard InChI is InChI=1S/C22H19F3N6O4/c23-22(24,25)11-34-17-9-29-18(10-28-17)35-15-3-1-12(2-4-15)20-30-14(8-16(31-20)19(26)32)7-13-5-6-27-21(13)33/h1-4,8-10,13H,5-7,11H2,(H2,26,32)(H,27,33)/t13-/m1/s1. The summed E-state index contributed by atoms with van der Waals surface area (Å²) in [5.74, 6) is -0.639. The highest BCUT2D eigenvalue weighted by molar-refractivity contribution is 5.91. The van der Waals surface area contributed by atoms with Gasteiger partial charge in [0.1, 0.15) is 11.4 Å². The molecule has 0 radical (unpaired) electrons. The Balaban J connectivity index is 1.47. The summed E-state index contributed by atoms with van der Waals surface area (Å²) in [6, 6.07) is 7.96. The first kappa shape index (κ1) is 23.9. The number of rotatable bonds is 8. The molecule has 0 spiro atoms. The second kappa shape index (κ2) is 9.91. The number of hydrogen-bond donors (Lipinski definition) is 2. The molecule has 1 saturated heterocycles. The van der Waals surface area contributed by atoms with Crippen molar-refractivity contribution in [2.45, 2.75) is 19.0 Å². The Hall–Kier alpha value is -4.29. The number of ether oxygens (including phenoxy) is 2. The number of benzene rings is 1. The number of aromatic nitrogens is 4. The molecular weight excluding hydrogens is 469 g/mol. The number of carbonyl (C=O) groups excluding carboxylic acids is 2. The largest absolute Gasteiger partial charge is 0.467 e. The van der Waals surface area contributed by atoms with Gasteiger partial charge in [0.05, 0.1) is 12.4 Å². The molecular formula is C22H19F3N6O4. The maximum Gasteiger partial charge on any atom is 0.422 e. The summed E-state index contributed by atoms with van der Waals surface area (Å²) < 4.78 is 46.7. The lowest BCUT2D eigenvalue weighted by Crippen LogP contribution is -2.21. The quantitative estimate of drug-likeness (QED) is 0.492. The van der Waals surface area contributed by atoms with Crippen LogP contribution in [0, 0.1) is 5.92 Å². The Kier molecular flexibility index (Phi) is 6.75. The summed E-state index contributed by atoms with van der Waals surface area (Å²) in [4.78, 5) is 40.0. The molecule has 182 valence electrons. The fourth-order valence-corrected chi connectivity index (χ4v) is 3.33. The van der Waals surface area contributed by atoms with Crippen molar-refractivity contribution in [1.82, 2.24) is 25.3 Å². The average Bonchev–Trinajstić information content (AvgIpc) is 3.22. The lowest BCUT2D eigenvalue weighted by molar-refractivity contribution is -0.154. The van der Waals surface area contributed by atoms with Crippen molar-refractivity contribution in [3.05, 3.63) is 54.1 Å². The SMILES string of the molecule is NC(=O)c1cc(C[C@H]2CCNC2=O)nc(-c2ccc(Oc3cnc(OCC(F)(F)F)cn3)cc2)n1. The summed E-state index contributed by atoms with van der Waals surface area (Å²) in [5.41, 5.74) is 6.55. The van der Waals surface area contributed by atoms with Gasteiger partial charge in [0.2, 0.25) is 17.7 Å². The molecule has 3 aromatic rings. The van der Waals surface area contributed by atoms with Crippen LogP contribution in [-0.4, -0.2) is 51.1 Å². The van der Waals surface area contributed by atoms with Gasteiger partial charge >= 0.3 is 6.18 Å². The molecule has 0 unspecified atom stereocenters. The highest BCUT2D eigenvalue weighted by atomic mass is 19.4. The molecule has 0 aliphatic carbocycles. The number of hydrogen-bond acceptors (Lipinski definition) is 8. The lowest BCUT2D eigenvalue weighted by Gasteiger charge is -2.10. The number of nitrogens with one attached hydrogen (secondary N) is 1. The highest BCUT2D eigenvalue weighted by Gasteiger charge is 2.29. The van der Waals surface area contributed by atoms with Crippen molar-refractivity contribution in [2.75, 3.05) is 13.2 Å². The van der Waals surface area contributed by atoms with Gasteiger partial charge in [-0.1, -0.05) is 0 Å². The molecule has 0 saturated carbocycles. The van der Waals surface area contributed by atoms with Crippen LogP contribution < -0.4 is 20.5 Å². The van der Waals surface area contributed by atoms with E-state index in [1.165, 1.54) is 6.07 Å². The van der Waals surface area contributed by atoms with E-state index in [9.17, 15) is 22.8 Å². The van der Waals surface area contributed by atoms with Crippen molar-refractivity contribution >= 4 is 11.8 Å². The predicted octanol–water partition coefficient (Wildman–Crippen LogP) is 2.44. The second-order valence-electron chi connectivity index (χ2n) is 7.64. The molecule has 2 amide bonds. The predicted molar refractivity (Wildman–Crippen MR) is 114 cm³/mol. The van der Waals surface area contributed by atoms with Crippen LogP contribution in [0.15, 0.2) is 42.7 Å². The van der Waals surface area contributed by atoms with Crippen LogP contribution in [0.4, 0.5) is 13.2 Å². The molecule has 1 aliphatic rings. The van der Waals surface area contributed by atoms with Gasteiger partial charge in [-0.05, 0) is 36.8 Å². The Labute approximate surface area is 196 Å². The van der Waals surface area contributed by atoms with Crippen molar-refractivity contribution in [3.8, 4) is 28.9 Å². The smallest absolute Gasteiger partial charge is 0.422 e. The van der Waals surface area contributed by atoms with E-state index in [2.05, 4.69) is 30.0 Å². The molecule has 10 nitrogen and oxygen atoms in total. The van der Waals surface area contributed by atoms with E-state index in [1.54, 1.807) is 24.3 Å². The minimum atomic E-state index is -4.48. The highest BCUT2D eigenvalue weighted by Crippen LogP contribution is 2.25. The third-order valence-corrected chi connectivity index (χ3v) is 4.97. The number of carbonyl (C=O) groups is 2. The molecule has 1 fully saturated rings. The first-order valence-corrected chi connectivity index (χ1v) is 10.4. The average molecular weight is 488 g/mol. The fourth-order valence-electron chi connectivity index (χ4n) is 3.33. The zero-order chi connectivity index (χ0) is 25.0. The molecule has 3 N–H and O–H groups in total. The summed E-state index contributed by atoms with van der Waals surface area (Å²) in [5, 5.41) is 2.77. The minimum Gasteiger partial charge on any atom is -0.467 e. The van der Waals surface area contributed by atoms with Gasteiger partial charge in [-0.2, -0.15) is 13.2 Å². The Morgan fingerprint density at radius 1 is 1.11 bits per heavy atom. The number of primary amides is 1. The van der Waals surface area contributed by atoms with Crippen LogP contribution >= 0.6 is 0 Å². The molecule has 1 aromatic carbocycles. The molecule has 4 rings (SSSR count). The zero-order valence-corrected chi connectivity index (χ0v) is 18.1. The number of nitrogens with zero attached hydrogens (tertiary/aromatic N) is 4. The molecule has 1 aliphatic heterocycles. The third-order valence-electron chi connectivity index (χ3n) is 4.97. The number of nitrogens with two attached hydrogens (primary N) is 1. The van der Waals surface area contributed by atoms with E-state index in [-0.39, 0.29) is 35.1 Å². The zero-order valence-electron chi connectivity index (χ0n) is 18.1. The molecule has 2 aromatic heterocycles. The molecule has 0 bridgehead atoms. The number of halogens is 3. The first-order chi connectivity index (χ1) is 16.7.